The first kappa shape index (κ1) is 16.0. The Balaban J connectivity index is 1.82. The van der Waals surface area contributed by atoms with Gasteiger partial charge in [-0.15, -0.1) is 0 Å². The van der Waals surface area contributed by atoms with Crippen molar-refractivity contribution in [3.8, 4) is 6.07 Å². The maximum Gasteiger partial charge on any atom is 0.240 e. The molecule has 114 valence electrons. The molecule has 0 atom stereocenters. The number of ether oxygens (including phenoxy) is 1. The molecule has 0 bridgehead atoms. The third-order valence-electron chi connectivity index (χ3n) is 3.57. The standard InChI is InChI=1S/C15H20N2O3S/c16-12-13-5-4-8-15(11-13)21(18,19)17-9-10-20-14-6-2-1-3-7-14/h4-5,8,11,14,17H,1-3,6-7,9-10H2. The van der Waals surface area contributed by atoms with Gasteiger partial charge in [0.15, 0.2) is 0 Å². The average Bonchev–Trinajstić information content (AvgIpc) is 2.53. The van der Waals surface area contributed by atoms with E-state index in [0.717, 1.165) is 12.8 Å². The van der Waals surface area contributed by atoms with Gasteiger partial charge >= 0.3 is 0 Å². The van der Waals surface area contributed by atoms with Crippen molar-refractivity contribution in [3.63, 3.8) is 0 Å². The summed E-state index contributed by atoms with van der Waals surface area (Å²) in [6, 6.07) is 7.91. The highest BCUT2D eigenvalue weighted by Crippen LogP contribution is 2.20. The van der Waals surface area contributed by atoms with Crippen LogP contribution in [0.5, 0.6) is 0 Å². The SMILES string of the molecule is N#Cc1cccc(S(=O)(=O)NCCOC2CCCCC2)c1. The van der Waals surface area contributed by atoms with E-state index in [9.17, 15) is 8.42 Å². The first-order valence-electron chi connectivity index (χ1n) is 7.23. The van der Waals surface area contributed by atoms with Gasteiger partial charge in [-0.05, 0) is 31.0 Å². The normalized spacial score (nSPS) is 16.5. The van der Waals surface area contributed by atoms with Crippen LogP contribution in [0, 0.1) is 11.3 Å². The van der Waals surface area contributed by atoms with E-state index in [1.54, 1.807) is 12.1 Å². The Kier molecular flexibility index (Phi) is 5.74. The minimum absolute atomic E-state index is 0.110. The molecule has 21 heavy (non-hydrogen) atoms. The second kappa shape index (κ2) is 7.55. The molecular weight excluding hydrogens is 288 g/mol. The van der Waals surface area contributed by atoms with Gasteiger partial charge in [-0.1, -0.05) is 25.3 Å². The summed E-state index contributed by atoms with van der Waals surface area (Å²) in [6.45, 7) is 0.622. The number of nitrogens with one attached hydrogen (secondary N) is 1. The van der Waals surface area contributed by atoms with Crippen molar-refractivity contribution in [2.24, 2.45) is 0 Å². The average molecular weight is 308 g/mol. The zero-order valence-corrected chi connectivity index (χ0v) is 12.7. The van der Waals surface area contributed by atoms with Crippen LogP contribution in [-0.4, -0.2) is 27.7 Å². The van der Waals surface area contributed by atoms with E-state index in [-0.39, 0.29) is 17.5 Å². The molecule has 0 unspecified atom stereocenters. The summed E-state index contributed by atoms with van der Waals surface area (Å²) in [5, 5.41) is 8.80. The lowest BCUT2D eigenvalue weighted by Crippen LogP contribution is -2.29. The third kappa shape index (κ3) is 4.81. The highest BCUT2D eigenvalue weighted by atomic mass is 32.2. The van der Waals surface area contributed by atoms with E-state index >= 15 is 0 Å². The van der Waals surface area contributed by atoms with Crippen molar-refractivity contribution in [2.45, 2.75) is 43.1 Å². The number of hydrogen-bond donors (Lipinski definition) is 1. The van der Waals surface area contributed by atoms with Crippen LogP contribution in [0.25, 0.3) is 0 Å². The molecule has 6 heteroatoms. The fourth-order valence-electron chi connectivity index (χ4n) is 2.45. The number of nitrogens with zero attached hydrogens (tertiary/aromatic N) is 1. The third-order valence-corrected chi connectivity index (χ3v) is 5.03. The van der Waals surface area contributed by atoms with Gasteiger partial charge in [-0.3, -0.25) is 0 Å². The fourth-order valence-corrected chi connectivity index (χ4v) is 3.51. The van der Waals surface area contributed by atoms with Gasteiger partial charge in [0.05, 0.1) is 29.2 Å². The predicted octanol–water partition coefficient (Wildman–Crippen LogP) is 2.19. The number of rotatable bonds is 6. The molecule has 0 radical (unpaired) electrons. The Labute approximate surface area is 126 Å². The molecule has 1 aliphatic carbocycles. The van der Waals surface area contributed by atoms with Crippen LogP contribution in [0.2, 0.25) is 0 Å². The van der Waals surface area contributed by atoms with Crippen molar-refractivity contribution < 1.29 is 13.2 Å². The lowest BCUT2D eigenvalue weighted by molar-refractivity contribution is 0.0321. The van der Waals surface area contributed by atoms with E-state index in [4.69, 9.17) is 10.00 Å². The highest BCUT2D eigenvalue weighted by molar-refractivity contribution is 7.89. The number of hydrogen-bond acceptors (Lipinski definition) is 4. The van der Waals surface area contributed by atoms with Gasteiger partial charge < -0.3 is 4.74 Å². The fraction of sp³-hybridized carbons (Fsp3) is 0.533. The summed E-state index contributed by atoms with van der Waals surface area (Å²) in [7, 11) is -3.58. The number of nitriles is 1. The first-order chi connectivity index (χ1) is 10.1. The summed E-state index contributed by atoms with van der Waals surface area (Å²) in [5.74, 6) is 0. The zero-order valence-electron chi connectivity index (χ0n) is 11.9. The highest BCUT2D eigenvalue weighted by Gasteiger charge is 2.16. The topological polar surface area (TPSA) is 79.2 Å². The first-order valence-corrected chi connectivity index (χ1v) is 8.71. The Morgan fingerprint density at radius 2 is 2.05 bits per heavy atom. The lowest BCUT2D eigenvalue weighted by Gasteiger charge is -2.22. The van der Waals surface area contributed by atoms with Gasteiger partial charge in [0, 0.05) is 6.54 Å². The smallest absolute Gasteiger partial charge is 0.240 e. The van der Waals surface area contributed by atoms with Crippen LogP contribution in [0.4, 0.5) is 0 Å². The van der Waals surface area contributed by atoms with Gasteiger partial charge in [0.2, 0.25) is 10.0 Å². The maximum atomic E-state index is 12.1. The summed E-state index contributed by atoms with van der Waals surface area (Å²) in [4.78, 5) is 0.110. The molecule has 0 aromatic heterocycles. The molecule has 2 rings (SSSR count). The van der Waals surface area contributed by atoms with Crippen LogP contribution in [-0.2, 0) is 14.8 Å². The monoisotopic (exact) mass is 308 g/mol. The molecule has 0 amide bonds. The van der Waals surface area contributed by atoms with E-state index in [1.165, 1.54) is 31.4 Å². The Morgan fingerprint density at radius 1 is 1.29 bits per heavy atom. The molecule has 0 aliphatic heterocycles. The van der Waals surface area contributed by atoms with Gasteiger partial charge in [0.1, 0.15) is 0 Å². The zero-order chi connectivity index (χ0) is 15.1. The molecular formula is C15H20N2O3S. The molecule has 1 aliphatic rings. The molecule has 1 aromatic rings. The molecule has 0 saturated heterocycles. The van der Waals surface area contributed by atoms with Crippen molar-refractivity contribution >= 4 is 10.0 Å². The van der Waals surface area contributed by atoms with Crippen LogP contribution in [0.1, 0.15) is 37.7 Å². The van der Waals surface area contributed by atoms with Gasteiger partial charge in [0.25, 0.3) is 0 Å². The minimum Gasteiger partial charge on any atom is -0.377 e. The summed E-state index contributed by atoms with van der Waals surface area (Å²) < 4.78 is 32.3. The molecule has 0 heterocycles. The maximum absolute atomic E-state index is 12.1. The predicted molar refractivity (Wildman–Crippen MR) is 79.2 cm³/mol. The molecule has 0 spiro atoms. The Bertz CT molecular complexity index is 602. The lowest BCUT2D eigenvalue weighted by atomic mass is 9.98. The second-order valence-corrected chi connectivity index (χ2v) is 6.94. The molecule has 1 aromatic carbocycles. The second-order valence-electron chi connectivity index (χ2n) is 5.17. The van der Waals surface area contributed by atoms with Crippen LogP contribution in [0.15, 0.2) is 29.2 Å². The molecule has 1 saturated carbocycles. The Hall–Kier alpha value is -1.42. The van der Waals surface area contributed by atoms with Gasteiger partial charge in [-0.2, -0.15) is 5.26 Å². The van der Waals surface area contributed by atoms with E-state index in [2.05, 4.69) is 4.72 Å². The van der Waals surface area contributed by atoms with Crippen LogP contribution >= 0.6 is 0 Å². The Morgan fingerprint density at radius 3 is 2.76 bits per heavy atom. The quantitative estimate of drug-likeness (QED) is 0.817. The minimum atomic E-state index is -3.58. The summed E-state index contributed by atoms with van der Waals surface area (Å²) in [6.07, 6.45) is 6.05. The summed E-state index contributed by atoms with van der Waals surface area (Å²) >= 11 is 0. The largest absolute Gasteiger partial charge is 0.377 e. The summed E-state index contributed by atoms with van der Waals surface area (Å²) in [5.41, 5.74) is 0.330. The van der Waals surface area contributed by atoms with Gasteiger partial charge in [-0.25, -0.2) is 13.1 Å². The van der Waals surface area contributed by atoms with Crippen molar-refractivity contribution in [1.29, 1.82) is 5.26 Å². The van der Waals surface area contributed by atoms with Crippen molar-refractivity contribution in [2.75, 3.05) is 13.2 Å². The molecule has 5 nitrogen and oxygen atoms in total. The number of sulfonamides is 1. The van der Waals surface area contributed by atoms with Crippen LogP contribution < -0.4 is 4.72 Å². The number of benzene rings is 1. The van der Waals surface area contributed by atoms with Crippen molar-refractivity contribution in [1.82, 2.24) is 4.72 Å². The van der Waals surface area contributed by atoms with Crippen LogP contribution in [0.3, 0.4) is 0 Å². The van der Waals surface area contributed by atoms with E-state index in [1.807, 2.05) is 6.07 Å². The van der Waals surface area contributed by atoms with E-state index in [0.29, 0.717) is 12.2 Å². The molecule has 1 N–H and O–H groups in total. The van der Waals surface area contributed by atoms with Crippen molar-refractivity contribution in [3.05, 3.63) is 29.8 Å². The molecule has 1 fully saturated rings. The van der Waals surface area contributed by atoms with E-state index < -0.39 is 10.0 Å².